The van der Waals surface area contributed by atoms with Crippen molar-refractivity contribution < 1.29 is 0 Å². The summed E-state index contributed by atoms with van der Waals surface area (Å²) < 4.78 is 0. The van der Waals surface area contributed by atoms with Crippen LogP contribution in [0.15, 0.2) is 91.0 Å². The lowest BCUT2D eigenvalue weighted by Crippen LogP contribution is -1.92. The summed E-state index contributed by atoms with van der Waals surface area (Å²) in [5.41, 5.74) is 12.8. The van der Waals surface area contributed by atoms with Crippen LogP contribution in [0.4, 0.5) is 0 Å². The molecule has 0 aliphatic rings. The predicted octanol–water partition coefficient (Wildman–Crippen LogP) is 8.48. The zero-order valence-corrected chi connectivity index (χ0v) is 18.2. The van der Waals surface area contributed by atoms with E-state index in [1.54, 1.807) is 0 Å². The second kappa shape index (κ2) is 8.92. The first-order valence-electron chi connectivity index (χ1n) is 10.2. The average Bonchev–Trinajstić information content (AvgIpc) is 2.70. The van der Waals surface area contributed by atoms with Gasteiger partial charge in [0.25, 0.3) is 0 Å². The van der Waals surface area contributed by atoms with Crippen LogP contribution in [0.5, 0.6) is 0 Å². The molecule has 0 spiro atoms. The number of aryl methyl sites for hydroxylation is 3. The van der Waals surface area contributed by atoms with E-state index >= 15 is 0 Å². The monoisotopic (exact) mass is 378 g/mol. The van der Waals surface area contributed by atoms with Crippen LogP contribution < -0.4 is 0 Å². The van der Waals surface area contributed by atoms with Gasteiger partial charge in [-0.2, -0.15) is 0 Å². The largest absolute Gasteiger partial charge is 0.0991 e. The van der Waals surface area contributed by atoms with E-state index in [4.69, 9.17) is 0 Å². The molecule has 0 nitrogen and oxygen atoms in total. The molecular weight excluding hydrogens is 348 g/mol. The van der Waals surface area contributed by atoms with Gasteiger partial charge in [0.15, 0.2) is 0 Å². The van der Waals surface area contributed by atoms with Crippen LogP contribution in [0.3, 0.4) is 0 Å². The van der Waals surface area contributed by atoms with Crippen molar-refractivity contribution in [3.05, 3.63) is 113 Å². The standard InChI is InChI=1S/C29H30/c1-7-8-12-26(20(2)3)28-18-24(16-14-22(28)5)25-17-15-23(6)29(19-25)27-13-10-9-11-21(27)4/h7-19H,1H2,2-6H3/b12-8-. The van der Waals surface area contributed by atoms with Crippen LogP contribution in [0.2, 0.25) is 0 Å². The van der Waals surface area contributed by atoms with Gasteiger partial charge in [0.2, 0.25) is 0 Å². The molecule has 0 heterocycles. The van der Waals surface area contributed by atoms with Crippen molar-refractivity contribution in [1.82, 2.24) is 0 Å². The minimum absolute atomic E-state index is 1.24. The van der Waals surface area contributed by atoms with Crippen molar-refractivity contribution in [2.75, 3.05) is 0 Å². The molecule has 0 atom stereocenters. The molecule has 0 heteroatoms. The highest BCUT2D eigenvalue weighted by Crippen LogP contribution is 2.33. The molecule has 0 bridgehead atoms. The third-order valence-electron chi connectivity index (χ3n) is 5.47. The minimum atomic E-state index is 1.24. The molecule has 0 aliphatic heterocycles. The Kier molecular flexibility index (Phi) is 6.34. The fourth-order valence-corrected chi connectivity index (χ4v) is 3.75. The second-order valence-electron chi connectivity index (χ2n) is 7.88. The number of rotatable bonds is 5. The summed E-state index contributed by atoms with van der Waals surface area (Å²) in [6.07, 6.45) is 6.00. The molecule has 3 aromatic rings. The van der Waals surface area contributed by atoms with Gasteiger partial charge in [0.05, 0.1) is 0 Å². The summed E-state index contributed by atoms with van der Waals surface area (Å²) in [5.74, 6) is 0. The van der Waals surface area contributed by atoms with Crippen LogP contribution in [0.1, 0.15) is 36.1 Å². The molecule has 0 fully saturated rings. The minimum Gasteiger partial charge on any atom is -0.0991 e. The van der Waals surface area contributed by atoms with Crippen molar-refractivity contribution in [2.24, 2.45) is 0 Å². The van der Waals surface area contributed by atoms with Gasteiger partial charge in [-0.05, 0) is 96.8 Å². The maximum Gasteiger partial charge on any atom is -0.0146 e. The highest BCUT2D eigenvalue weighted by atomic mass is 14.1. The predicted molar refractivity (Wildman–Crippen MR) is 129 cm³/mol. The first-order chi connectivity index (χ1) is 13.9. The first-order valence-corrected chi connectivity index (χ1v) is 10.2. The van der Waals surface area contributed by atoms with Gasteiger partial charge >= 0.3 is 0 Å². The van der Waals surface area contributed by atoms with Crippen molar-refractivity contribution in [3.63, 3.8) is 0 Å². The van der Waals surface area contributed by atoms with Crippen molar-refractivity contribution >= 4 is 5.57 Å². The van der Waals surface area contributed by atoms with Crippen LogP contribution in [-0.2, 0) is 0 Å². The van der Waals surface area contributed by atoms with E-state index in [0.717, 1.165) is 0 Å². The highest BCUT2D eigenvalue weighted by molar-refractivity contribution is 5.83. The van der Waals surface area contributed by atoms with E-state index in [2.05, 4.69) is 108 Å². The Hall–Kier alpha value is -3.12. The molecule has 0 radical (unpaired) electrons. The molecular formula is C29H30. The fourth-order valence-electron chi connectivity index (χ4n) is 3.75. The smallest absolute Gasteiger partial charge is 0.0146 e. The van der Waals surface area contributed by atoms with Gasteiger partial charge < -0.3 is 0 Å². The topological polar surface area (TPSA) is 0 Å². The lowest BCUT2D eigenvalue weighted by molar-refractivity contribution is 1.35. The molecule has 0 saturated heterocycles. The quantitative estimate of drug-likeness (QED) is 0.390. The summed E-state index contributed by atoms with van der Waals surface area (Å²) in [6.45, 7) is 14.7. The summed E-state index contributed by atoms with van der Waals surface area (Å²) in [6, 6.07) is 22.2. The van der Waals surface area contributed by atoms with Crippen molar-refractivity contribution in [3.8, 4) is 22.3 Å². The van der Waals surface area contributed by atoms with Crippen LogP contribution in [0, 0.1) is 20.8 Å². The summed E-state index contributed by atoms with van der Waals surface area (Å²) in [4.78, 5) is 0. The van der Waals surface area contributed by atoms with Crippen LogP contribution in [-0.4, -0.2) is 0 Å². The molecule has 0 aromatic heterocycles. The maximum atomic E-state index is 3.82. The highest BCUT2D eigenvalue weighted by Gasteiger charge is 2.10. The van der Waals surface area contributed by atoms with Gasteiger partial charge in [-0.15, -0.1) is 0 Å². The van der Waals surface area contributed by atoms with E-state index < -0.39 is 0 Å². The van der Waals surface area contributed by atoms with Crippen LogP contribution in [0.25, 0.3) is 27.8 Å². The van der Waals surface area contributed by atoms with E-state index in [0.29, 0.717) is 0 Å². The Labute approximate surface area is 175 Å². The first kappa shape index (κ1) is 20.6. The number of hydrogen-bond donors (Lipinski definition) is 0. The Morgan fingerprint density at radius 3 is 2.00 bits per heavy atom. The maximum absolute atomic E-state index is 3.82. The normalized spacial score (nSPS) is 10.9. The SMILES string of the molecule is C=C/C=C\C(=C(C)C)c1cc(-c2ccc(C)c(-c3ccccc3C)c2)ccc1C. The lowest BCUT2D eigenvalue weighted by Gasteiger charge is -2.15. The zero-order valence-electron chi connectivity index (χ0n) is 18.2. The Morgan fingerprint density at radius 1 is 0.724 bits per heavy atom. The average molecular weight is 379 g/mol. The summed E-state index contributed by atoms with van der Waals surface area (Å²) >= 11 is 0. The van der Waals surface area contributed by atoms with Gasteiger partial charge in [-0.25, -0.2) is 0 Å². The van der Waals surface area contributed by atoms with Crippen molar-refractivity contribution in [2.45, 2.75) is 34.6 Å². The molecule has 3 rings (SSSR count). The Morgan fingerprint density at radius 2 is 1.34 bits per heavy atom. The Balaban J connectivity index is 2.15. The third-order valence-corrected chi connectivity index (χ3v) is 5.47. The molecule has 0 aliphatic carbocycles. The molecule has 0 saturated carbocycles. The second-order valence-corrected chi connectivity index (χ2v) is 7.88. The van der Waals surface area contributed by atoms with E-state index in [1.165, 1.54) is 55.7 Å². The molecule has 29 heavy (non-hydrogen) atoms. The fraction of sp³-hybridized carbons (Fsp3) is 0.172. The lowest BCUT2D eigenvalue weighted by atomic mass is 9.90. The zero-order chi connectivity index (χ0) is 21.0. The van der Waals surface area contributed by atoms with Gasteiger partial charge in [-0.3, -0.25) is 0 Å². The third kappa shape index (κ3) is 4.49. The van der Waals surface area contributed by atoms with Gasteiger partial charge in [0.1, 0.15) is 0 Å². The molecule has 146 valence electrons. The number of hydrogen-bond acceptors (Lipinski definition) is 0. The van der Waals surface area contributed by atoms with E-state index in [-0.39, 0.29) is 0 Å². The Bertz CT molecular complexity index is 1100. The number of allylic oxidation sites excluding steroid dienone is 5. The molecule has 0 N–H and O–H groups in total. The molecule has 3 aromatic carbocycles. The summed E-state index contributed by atoms with van der Waals surface area (Å²) in [5, 5.41) is 0. The van der Waals surface area contributed by atoms with Gasteiger partial charge in [0, 0.05) is 0 Å². The molecule has 0 amide bonds. The summed E-state index contributed by atoms with van der Waals surface area (Å²) in [7, 11) is 0. The van der Waals surface area contributed by atoms with Crippen molar-refractivity contribution in [1.29, 1.82) is 0 Å². The van der Waals surface area contributed by atoms with E-state index in [1.807, 2.05) is 12.2 Å². The van der Waals surface area contributed by atoms with Gasteiger partial charge in [-0.1, -0.05) is 78.9 Å². The van der Waals surface area contributed by atoms with E-state index in [9.17, 15) is 0 Å². The number of benzene rings is 3. The molecule has 0 unspecified atom stereocenters. The van der Waals surface area contributed by atoms with Crippen LogP contribution >= 0.6 is 0 Å².